The average molecular weight is 417 g/mol. The van der Waals surface area contributed by atoms with Gasteiger partial charge >= 0.3 is 5.97 Å². The van der Waals surface area contributed by atoms with E-state index in [9.17, 15) is 9.59 Å². The number of pyridine rings is 1. The van der Waals surface area contributed by atoms with Crippen molar-refractivity contribution in [3.05, 3.63) is 89.3 Å². The number of fused-ring (bicyclic) bond motifs is 1. The first-order chi connectivity index (χ1) is 14.7. The summed E-state index contributed by atoms with van der Waals surface area (Å²) in [7, 11) is 0. The van der Waals surface area contributed by atoms with Crippen LogP contribution in [0, 0.1) is 0 Å². The molecule has 0 saturated heterocycles. The zero-order valence-electron chi connectivity index (χ0n) is 16.2. The minimum atomic E-state index is -0.537. The number of ether oxygens (including phenoxy) is 1. The fourth-order valence-electron chi connectivity index (χ4n) is 3.15. The monoisotopic (exact) mass is 416 g/mol. The van der Waals surface area contributed by atoms with Gasteiger partial charge < -0.3 is 10.1 Å². The molecule has 4 aromatic rings. The highest BCUT2D eigenvalue weighted by Crippen LogP contribution is 2.28. The summed E-state index contributed by atoms with van der Waals surface area (Å²) in [6.45, 7) is 0.166. The first kappa shape index (κ1) is 19.8. The molecule has 6 heteroatoms. The average Bonchev–Trinajstić information content (AvgIpc) is 3.32. The van der Waals surface area contributed by atoms with Crippen LogP contribution in [0.2, 0.25) is 0 Å². The molecule has 5 nitrogen and oxygen atoms in total. The molecule has 0 bridgehead atoms. The van der Waals surface area contributed by atoms with Gasteiger partial charge in [0.2, 0.25) is 0 Å². The van der Waals surface area contributed by atoms with Gasteiger partial charge in [-0.3, -0.25) is 4.79 Å². The topological polar surface area (TPSA) is 68.3 Å². The van der Waals surface area contributed by atoms with Crippen LogP contribution in [0.4, 0.5) is 0 Å². The standard InChI is InChI=1S/C24H20N2O3S/c27-23(25-13-12-17-7-2-1-3-8-17)16-29-24(28)19-15-21(22-11-6-14-30-22)26-20-10-5-4-9-18(19)20/h1-11,14-15H,12-13,16H2,(H,25,27). The van der Waals surface area contributed by atoms with Crippen molar-refractivity contribution in [3.8, 4) is 10.6 Å². The normalized spacial score (nSPS) is 10.7. The van der Waals surface area contributed by atoms with Gasteiger partial charge in [-0.25, -0.2) is 9.78 Å². The van der Waals surface area contributed by atoms with E-state index in [1.807, 2.05) is 72.1 Å². The van der Waals surface area contributed by atoms with E-state index in [0.717, 1.165) is 16.9 Å². The number of esters is 1. The van der Waals surface area contributed by atoms with E-state index in [1.54, 1.807) is 17.4 Å². The molecule has 0 atom stereocenters. The van der Waals surface area contributed by atoms with Crippen molar-refractivity contribution in [2.24, 2.45) is 0 Å². The van der Waals surface area contributed by atoms with Crippen molar-refractivity contribution in [2.75, 3.05) is 13.2 Å². The van der Waals surface area contributed by atoms with Crippen molar-refractivity contribution >= 4 is 34.1 Å². The van der Waals surface area contributed by atoms with Crippen LogP contribution in [0.25, 0.3) is 21.5 Å². The molecule has 0 saturated carbocycles. The van der Waals surface area contributed by atoms with E-state index in [1.165, 1.54) is 0 Å². The van der Waals surface area contributed by atoms with E-state index >= 15 is 0 Å². The second-order valence-corrected chi connectivity index (χ2v) is 7.66. The molecule has 30 heavy (non-hydrogen) atoms. The molecule has 0 aliphatic heterocycles. The molecule has 0 radical (unpaired) electrons. The molecular weight excluding hydrogens is 396 g/mol. The van der Waals surface area contributed by atoms with Crippen LogP contribution in [0.1, 0.15) is 15.9 Å². The zero-order chi connectivity index (χ0) is 20.8. The summed E-state index contributed by atoms with van der Waals surface area (Å²) in [6.07, 6.45) is 0.722. The van der Waals surface area contributed by atoms with E-state index in [0.29, 0.717) is 28.7 Å². The van der Waals surface area contributed by atoms with Gasteiger partial charge in [-0.2, -0.15) is 0 Å². The fourth-order valence-corrected chi connectivity index (χ4v) is 3.83. The number of hydrogen-bond acceptors (Lipinski definition) is 5. The first-order valence-corrected chi connectivity index (χ1v) is 10.5. The van der Waals surface area contributed by atoms with Crippen molar-refractivity contribution in [2.45, 2.75) is 6.42 Å². The summed E-state index contributed by atoms with van der Waals surface area (Å²) in [5.41, 5.74) is 2.96. The molecule has 2 aromatic carbocycles. The zero-order valence-corrected chi connectivity index (χ0v) is 17.0. The maximum absolute atomic E-state index is 12.8. The number of amides is 1. The van der Waals surface area contributed by atoms with Crippen LogP contribution in [-0.2, 0) is 16.0 Å². The quantitative estimate of drug-likeness (QED) is 0.451. The second kappa shape index (κ2) is 9.33. The van der Waals surface area contributed by atoms with Gasteiger partial charge in [0.05, 0.1) is 21.7 Å². The minimum Gasteiger partial charge on any atom is -0.452 e. The number of thiophene rings is 1. The fraction of sp³-hybridized carbons (Fsp3) is 0.125. The number of para-hydroxylation sites is 1. The third kappa shape index (κ3) is 4.72. The molecule has 0 fully saturated rings. The smallest absolute Gasteiger partial charge is 0.339 e. The minimum absolute atomic E-state index is 0.321. The van der Waals surface area contributed by atoms with Crippen LogP contribution < -0.4 is 5.32 Å². The lowest BCUT2D eigenvalue weighted by Crippen LogP contribution is -2.30. The third-order valence-corrected chi connectivity index (χ3v) is 5.52. The van der Waals surface area contributed by atoms with E-state index in [-0.39, 0.29) is 12.5 Å². The van der Waals surface area contributed by atoms with Gasteiger partial charge in [0.25, 0.3) is 5.91 Å². The summed E-state index contributed by atoms with van der Waals surface area (Å²) in [5, 5.41) is 5.45. The molecule has 150 valence electrons. The van der Waals surface area contributed by atoms with Crippen LogP contribution in [-0.4, -0.2) is 30.0 Å². The van der Waals surface area contributed by atoms with Crippen molar-refractivity contribution in [1.29, 1.82) is 0 Å². The molecule has 0 aliphatic rings. The summed E-state index contributed by atoms with van der Waals surface area (Å²) >= 11 is 1.55. The Morgan fingerprint density at radius 1 is 0.967 bits per heavy atom. The number of hydrogen-bond donors (Lipinski definition) is 1. The SMILES string of the molecule is O=C(COC(=O)c1cc(-c2cccs2)nc2ccccc12)NCCc1ccccc1. The Bertz CT molecular complexity index is 1160. The molecule has 4 rings (SSSR count). The van der Waals surface area contributed by atoms with Crippen molar-refractivity contribution in [3.63, 3.8) is 0 Å². The maximum atomic E-state index is 12.8. The maximum Gasteiger partial charge on any atom is 0.339 e. The predicted octanol–water partition coefficient (Wildman–Crippen LogP) is 4.48. The number of benzene rings is 2. The summed E-state index contributed by atoms with van der Waals surface area (Å²) in [5.74, 6) is -0.860. The summed E-state index contributed by atoms with van der Waals surface area (Å²) in [6, 6.07) is 22.9. The summed E-state index contributed by atoms with van der Waals surface area (Å²) < 4.78 is 5.30. The first-order valence-electron chi connectivity index (χ1n) is 9.62. The Hall–Kier alpha value is -3.51. The number of rotatable bonds is 7. The highest BCUT2D eigenvalue weighted by atomic mass is 32.1. The van der Waals surface area contributed by atoms with Crippen molar-refractivity contribution in [1.82, 2.24) is 10.3 Å². The van der Waals surface area contributed by atoms with Crippen molar-refractivity contribution < 1.29 is 14.3 Å². The second-order valence-electron chi connectivity index (χ2n) is 6.71. The molecule has 1 N–H and O–H groups in total. The van der Waals surface area contributed by atoms with Crippen LogP contribution in [0.5, 0.6) is 0 Å². The van der Waals surface area contributed by atoms with E-state index < -0.39 is 5.97 Å². The third-order valence-electron chi connectivity index (χ3n) is 4.62. The number of nitrogens with one attached hydrogen (secondary N) is 1. The van der Waals surface area contributed by atoms with E-state index in [2.05, 4.69) is 10.3 Å². The number of aromatic nitrogens is 1. The Kier molecular flexibility index (Phi) is 6.15. The van der Waals surface area contributed by atoms with E-state index in [4.69, 9.17) is 4.74 Å². The number of nitrogens with zero attached hydrogens (tertiary/aromatic N) is 1. The van der Waals surface area contributed by atoms with Gasteiger partial charge in [0.15, 0.2) is 6.61 Å². The lowest BCUT2D eigenvalue weighted by Gasteiger charge is -2.10. The molecule has 2 aromatic heterocycles. The Morgan fingerprint density at radius 3 is 2.57 bits per heavy atom. The Balaban J connectivity index is 1.42. The Labute approximate surface area is 178 Å². The highest BCUT2D eigenvalue weighted by molar-refractivity contribution is 7.13. The molecule has 0 aliphatic carbocycles. The molecular formula is C24H20N2O3S. The van der Waals surface area contributed by atoms with Gasteiger partial charge in [0.1, 0.15) is 0 Å². The molecule has 0 spiro atoms. The van der Waals surface area contributed by atoms with Gasteiger partial charge in [-0.15, -0.1) is 11.3 Å². The van der Waals surface area contributed by atoms with Gasteiger partial charge in [-0.1, -0.05) is 54.6 Å². The molecule has 2 heterocycles. The van der Waals surface area contributed by atoms with Crippen LogP contribution in [0.3, 0.4) is 0 Å². The number of carbonyl (C=O) groups is 2. The summed E-state index contributed by atoms with van der Waals surface area (Å²) in [4.78, 5) is 30.5. The highest BCUT2D eigenvalue weighted by Gasteiger charge is 2.16. The lowest BCUT2D eigenvalue weighted by atomic mass is 10.1. The lowest BCUT2D eigenvalue weighted by molar-refractivity contribution is -0.124. The molecule has 0 unspecified atom stereocenters. The number of carbonyl (C=O) groups excluding carboxylic acids is 2. The van der Waals surface area contributed by atoms with Gasteiger partial charge in [0, 0.05) is 11.9 Å². The van der Waals surface area contributed by atoms with Crippen LogP contribution >= 0.6 is 11.3 Å². The predicted molar refractivity (Wildman–Crippen MR) is 118 cm³/mol. The molecule has 1 amide bonds. The Morgan fingerprint density at radius 2 is 1.77 bits per heavy atom. The van der Waals surface area contributed by atoms with Gasteiger partial charge in [-0.05, 0) is 35.6 Å². The largest absolute Gasteiger partial charge is 0.452 e. The van der Waals surface area contributed by atoms with Crippen LogP contribution in [0.15, 0.2) is 78.2 Å².